The second-order valence-corrected chi connectivity index (χ2v) is 5.98. The van der Waals surface area contributed by atoms with Crippen LogP contribution in [0.1, 0.15) is 18.4 Å². The van der Waals surface area contributed by atoms with Crippen molar-refractivity contribution in [2.24, 2.45) is 5.92 Å². The summed E-state index contributed by atoms with van der Waals surface area (Å²) in [6, 6.07) is 5.74. The van der Waals surface area contributed by atoms with Gasteiger partial charge in [0.05, 0.1) is 18.9 Å². The second kappa shape index (κ2) is 6.03. The zero-order valence-corrected chi connectivity index (χ0v) is 12.3. The van der Waals surface area contributed by atoms with Crippen molar-refractivity contribution in [3.63, 3.8) is 0 Å². The van der Waals surface area contributed by atoms with Gasteiger partial charge in [0.25, 0.3) is 0 Å². The predicted molar refractivity (Wildman–Crippen MR) is 80.4 cm³/mol. The smallest absolute Gasteiger partial charge is 0.227 e. The third-order valence-electron chi connectivity index (χ3n) is 4.46. The molecule has 1 aromatic carbocycles. The molecule has 2 aliphatic rings. The summed E-state index contributed by atoms with van der Waals surface area (Å²) in [6.45, 7) is 5.47. The highest BCUT2D eigenvalue weighted by atomic mass is 16.5. The van der Waals surface area contributed by atoms with Crippen LogP contribution in [0.4, 0.5) is 5.69 Å². The Morgan fingerprint density at radius 3 is 2.76 bits per heavy atom. The number of nitrogens with one attached hydrogen (secondary N) is 1. The normalized spacial score (nSPS) is 26.1. The van der Waals surface area contributed by atoms with Gasteiger partial charge in [0, 0.05) is 25.0 Å². The zero-order chi connectivity index (χ0) is 14.8. The minimum atomic E-state index is 0.0143. The topological polar surface area (TPSA) is 61.8 Å². The first-order valence-electron chi connectivity index (χ1n) is 7.56. The van der Waals surface area contributed by atoms with Crippen LogP contribution in [0.3, 0.4) is 0 Å². The maximum Gasteiger partial charge on any atom is 0.227 e. The molecule has 5 heteroatoms. The summed E-state index contributed by atoms with van der Waals surface area (Å²) >= 11 is 0. The van der Waals surface area contributed by atoms with E-state index < -0.39 is 0 Å². The number of hydrogen-bond acceptors (Lipinski definition) is 4. The molecule has 1 saturated heterocycles. The maximum atomic E-state index is 12.2. The molecule has 3 rings (SSSR count). The number of carbonyl (C=O) groups is 1. The van der Waals surface area contributed by atoms with Crippen LogP contribution in [0, 0.1) is 12.8 Å². The van der Waals surface area contributed by atoms with E-state index in [1.165, 1.54) is 0 Å². The molecular formula is C16H22N2O3. The lowest BCUT2D eigenvalue weighted by atomic mass is 9.78. The molecule has 0 aromatic heterocycles. The molecule has 1 aliphatic carbocycles. The lowest BCUT2D eigenvalue weighted by Crippen LogP contribution is -2.51. The molecule has 114 valence electrons. The van der Waals surface area contributed by atoms with Crippen LogP contribution in [0.25, 0.3) is 0 Å². The molecule has 0 bridgehead atoms. The van der Waals surface area contributed by atoms with Gasteiger partial charge in [-0.25, -0.2) is 0 Å². The van der Waals surface area contributed by atoms with Crippen molar-refractivity contribution in [2.75, 3.05) is 31.6 Å². The van der Waals surface area contributed by atoms with Crippen molar-refractivity contribution in [1.29, 1.82) is 0 Å². The summed E-state index contributed by atoms with van der Waals surface area (Å²) < 4.78 is 5.35. The SMILES string of the molecule is Cc1ccc(O)c(NC(=O)C2CC(N3CCOCC3)C2)c1. The summed E-state index contributed by atoms with van der Waals surface area (Å²) in [5.41, 5.74) is 1.53. The molecule has 0 spiro atoms. The van der Waals surface area contributed by atoms with Gasteiger partial charge in [-0.2, -0.15) is 0 Å². The maximum absolute atomic E-state index is 12.2. The molecule has 1 aliphatic heterocycles. The number of benzene rings is 1. The average molecular weight is 290 g/mol. The summed E-state index contributed by atoms with van der Waals surface area (Å²) in [5.74, 6) is 0.191. The third kappa shape index (κ3) is 3.19. The van der Waals surface area contributed by atoms with Crippen molar-refractivity contribution < 1.29 is 14.6 Å². The Morgan fingerprint density at radius 2 is 2.05 bits per heavy atom. The fourth-order valence-electron chi connectivity index (χ4n) is 3.03. The molecule has 0 radical (unpaired) electrons. The first-order valence-corrected chi connectivity index (χ1v) is 7.56. The second-order valence-electron chi connectivity index (χ2n) is 5.98. The Kier molecular flexibility index (Phi) is 4.12. The highest BCUT2D eigenvalue weighted by Gasteiger charge is 2.38. The summed E-state index contributed by atoms with van der Waals surface area (Å²) in [5, 5.41) is 12.6. The van der Waals surface area contributed by atoms with Gasteiger partial charge in [-0.3, -0.25) is 9.69 Å². The highest BCUT2D eigenvalue weighted by Crippen LogP contribution is 2.34. The van der Waals surface area contributed by atoms with Gasteiger partial charge in [-0.1, -0.05) is 6.07 Å². The number of ether oxygens (including phenoxy) is 1. The molecule has 2 N–H and O–H groups in total. The number of phenolic OH excluding ortho intramolecular Hbond substituents is 1. The standard InChI is InChI=1S/C16H22N2O3/c1-11-2-3-15(19)14(8-11)17-16(20)12-9-13(10-12)18-4-6-21-7-5-18/h2-3,8,12-13,19H,4-7,9-10H2,1H3,(H,17,20). The van der Waals surface area contributed by atoms with Crippen LogP contribution in [0.5, 0.6) is 5.75 Å². The van der Waals surface area contributed by atoms with E-state index in [0.717, 1.165) is 44.7 Å². The summed E-state index contributed by atoms with van der Waals surface area (Å²) in [6.07, 6.45) is 1.80. The fourth-order valence-corrected chi connectivity index (χ4v) is 3.03. The highest BCUT2D eigenvalue weighted by molar-refractivity contribution is 5.94. The molecule has 2 fully saturated rings. The van der Waals surface area contributed by atoms with Crippen LogP contribution in [0.15, 0.2) is 18.2 Å². The van der Waals surface area contributed by atoms with Crippen molar-refractivity contribution in [3.05, 3.63) is 23.8 Å². The number of hydrogen-bond donors (Lipinski definition) is 2. The Balaban J connectivity index is 1.52. The molecule has 1 heterocycles. The van der Waals surface area contributed by atoms with Crippen LogP contribution >= 0.6 is 0 Å². The number of amides is 1. The molecule has 1 aromatic rings. The molecule has 1 amide bonds. The number of morpholine rings is 1. The molecule has 0 atom stereocenters. The lowest BCUT2D eigenvalue weighted by molar-refractivity contribution is -0.125. The quantitative estimate of drug-likeness (QED) is 0.833. The van der Waals surface area contributed by atoms with E-state index in [9.17, 15) is 9.90 Å². The average Bonchev–Trinajstić information content (AvgIpc) is 2.42. The molecule has 21 heavy (non-hydrogen) atoms. The third-order valence-corrected chi connectivity index (χ3v) is 4.46. The Bertz CT molecular complexity index is 520. The van der Waals surface area contributed by atoms with Gasteiger partial charge in [0.15, 0.2) is 0 Å². The first-order chi connectivity index (χ1) is 10.1. The number of rotatable bonds is 3. The van der Waals surface area contributed by atoms with Gasteiger partial charge < -0.3 is 15.2 Å². The molecule has 5 nitrogen and oxygen atoms in total. The van der Waals surface area contributed by atoms with Crippen molar-refractivity contribution >= 4 is 11.6 Å². The first kappa shape index (κ1) is 14.4. The van der Waals surface area contributed by atoms with E-state index in [1.807, 2.05) is 13.0 Å². The van der Waals surface area contributed by atoms with Crippen LogP contribution in [-0.4, -0.2) is 48.3 Å². The number of aromatic hydroxyl groups is 1. The Labute approximate surface area is 124 Å². The van der Waals surface area contributed by atoms with Gasteiger partial charge in [0.2, 0.25) is 5.91 Å². The number of carbonyl (C=O) groups excluding carboxylic acids is 1. The van der Waals surface area contributed by atoms with E-state index >= 15 is 0 Å². The Morgan fingerprint density at radius 1 is 1.33 bits per heavy atom. The van der Waals surface area contributed by atoms with E-state index in [4.69, 9.17) is 4.74 Å². The fraction of sp³-hybridized carbons (Fsp3) is 0.562. The van der Waals surface area contributed by atoms with Crippen molar-refractivity contribution in [2.45, 2.75) is 25.8 Å². The van der Waals surface area contributed by atoms with Gasteiger partial charge in [-0.15, -0.1) is 0 Å². The van der Waals surface area contributed by atoms with Crippen LogP contribution < -0.4 is 5.32 Å². The van der Waals surface area contributed by atoms with Crippen molar-refractivity contribution in [1.82, 2.24) is 4.90 Å². The number of aryl methyl sites for hydroxylation is 1. The predicted octanol–water partition coefficient (Wildman–Crippen LogP) is 1.75. The molecule has 0 unspecified atom stereocenters. The van der Waals surface area contributed by atoms with Crippen LogP contribution in [0.2, 0.25) is 0 Å². The van der Waals surface area contributed by atoms with Gasteiger partial charge in [0.1, 0.15) is 5.75 Å². The minimum absolute atomic E-state index is 0.0143. The molecule has 1 saturated carbocycles. The minimum Gasteiger partial charge on any atom is -0.506 e. The monoisotopic (exact) mass is 290 g/mol. The van der Waals surface area contributed by atoms with Gasteiger partial charge >= 0.3 is 0 Å². The zero-order valence-electron chi connectivity index (χ0n) is 12.3. The largest absolute Gasteiger partial charge is 0.506 e. The Hall–Kier alpha value is -1.59. The van der Waals surface area contributed by atoms with Crippen molar-refractivity contribution in [3.8, 4) is 5.75 Å². The van der Waals surface area contributed by atoms with E-state index in [1.54, 1.807) is 12.1 Å². The molecular weight excluding hydrogens is 268 g/mol. The van der Waals surface area contributed by atoms with E-state index in [-0.39, 0.29) is 17.6 Å². The number of nitrogens with zero attached hydrogens (tertiary/aromatic N) is 1. The number of phenols is 1. The van der Waals surface area contributed by atoms with Crippen LogP contribution in [-0.2, 0) is 9.53 Å². The number of anilines is 1. The summed E-state index contributed by atoms with van der Waals surface area (Å²) in [7, 11) is 0. The van der Waals surface area contributed by atoms with Gasteiger partial charge in [-0.05, 0) is 37.5 Å². The summed E-state index contributed by atoms with van der Waals surface area (Å²) in [4.78, 5) is 14.6. The van der Waals surface area contributed by atoms with E-state index in [0.29, 0.717) is 11.7 Å². The van der Waals surface area contributed by atoms with E-state index in [2.05, 4.69) is 10.2 Å². The lowest BCUT2D eigenvalue weighted by Gasteiger charge is -2.43.